The third-order valence-electron chi connectivity index (χ3n) is 2.97. The van der Waals surface area contributed by atoms with Crippen molar-refractivity contribution in [2.45, 2.75) is 13.8 Å². The number of pyridine rings is 1. The van der Waals surface area contributed by atoms with Crippen LogP contribution in [0.2, 0.25) is 0 Å². The zero-order valence-corrected chi connectivity index (χ0v) is 9.75. The molecule has 0 atom stereocenters. The molecule has 4 nitrogen and oxygen atoms in total. The molecule has 0 spiro atoms. The Kier molecular flexibility index (Phi) is 2.14. The van der Waals surface area contributed by atoms with E-state index in [1.54, 1.807) is 12.4 Å². The lowest BCUT2D eigenvalue weighted by Gasteiger charge is -2.03. The van der Waals surface area contributed by atoms with Gasteiger partial charge >= 0.3 is 0 Å². The molecule has 1 aromatic carbocycles. The standard InChI is InChI=1S/C13H12N4/c1-9-7-12-13(8-10(9)2)17(16-15-12)11-3-5-14-6-4-11/h3-8H,1-2H3. The molecule has 0 saturated heterocycles. The van der Waals surface area contributed by atoms with E-state index in [1.807, 2.05) is 16.8 Å². The number of hydrogen-bond donors (Lipinski definition) is 0. The van der Waals surface area contributed by atoms with Gasteiger partial charge in [-0.2, -0.15) is 0 Å². The summed E-state index contributed by atoms with van der Waals surface area (Å²) in [6, 6.07) is 8.02. The van der Waals surface area contributed by atoms with Gasteiger partial charge in [-0.05, 0) is 49.2 Å². The number of hydrogen-bond acceptors (Lipinski definition) is 3. The highest BCUT2D eigenvalue weighted by molar-refractivity contribution is 5.78. The molecule has 0 saturated carbocycles. The fraction of sp³-hybridized carbons (Fsp3) is 0.154. The molecule has 0 bridgehead atoms. The molecule has 0 unspecified atom stereocenters. The largest absolute Gasteiger partial charge is 0.265 e. The van der Waals surface area contributed by atoms with Crippen LogP contribution in [-0.4, -0.2) is 20.0 Å². The van der Waals surface area contributed by atoms with E-state index in [1.165, 1.54) is 11.1 Å². The van der Waals surface area contributed by atoms with Gasteiger partial charge in [0.2, 0.25) is 0 Å². The van der Waals surface area contributed by atoms with E-state index in [2.05, 4.69) is 41.3 Å². The van der Waals surface area contributed by atoms with Crippen LogP contribution in [0, 0.1) is 13.8 Å². The van der Waals surface area contributed by atoms with Gasteiger partial charge in [0.25, 0.3) is 0 Å². The Balaban J connectivity index is 2.29. The summed E-state index contributed by atoms with van der Waals surface area (Å²) >= 11 is 0. The van der Waals surface area contributed by atoms with Gasteiger partial charge in [-0.1, -0.05) is 5.21 Å². The second-order valence-electron chi connectivity index (χ2n) is 4.13. The van der Waals surface area contributed by atoms with Gasteiger partial charge in [-0.15, -0.1) is 5.10 Å². The summed E-state index contributed by atoms with van der Waals surface area (Å²) in [6.07, 6.45) is 3.51. The van der Waals surface area contributed by atoms with Gasteiger partial charge in [0.05, 0.1) is 11.2 Å². The first kappa shape index (κ1) is 9.96. The summed E-state index contributed by atoms with van der Waals surface area (Å²) in [7, 11) is 0. The molecule has 3 aromatic rings. The maximum absolute atomic E-state index is 4.19. The molecular weight excluding hydrogens is 212 g/mol. The Hall–Kier alpha value is -2.23. The first-order valence-electron chi connectivity index (χ1n) is 5.49. The summed E-state index contributed by atoms with van der Waals surface area (Å²) in [4.78, 5) is 4.01. The predicted molar refractivity (Wildman–Crippen MR) is 66.1 cm³/mol. The minimum Gasteiger partial charge on any atom is -0.265 e. The number of aryl methyl sites for hydroxylation is 2. The normalized spacial score (nSPS) is 10.9. The first-order chi connectivity index (χ1) is 8.25. The topological polar surface area (TPSA) is 43.6 Å². The van der Waals surface area contributed by atoms with Crippen LogP contribution in [0.4, 0.5) is 0 Å². The molecule has 3 rings (SSSR count). The quantitative estimate of drug-likeness (QED) is 0.637. The van der Waals surface area contributed by atoms with Crippen molar-refractivity contribution in [2.24, 2.45) is 0 Å². The van der Waals surface area contributed by atoms with Crippen LogP contribution in [0.3, 0.4) is 0 Å². The van der Waals surface area contributed by atoms with Crippen LogP contribution in [0.15, 0.2) is 36.7 Å². The number of rotatable bonds is 1. The zero-order chi connectivity index (χ0) is 11.8. The Morgan fingerprint density at radius 2 is 1.71 bits per heavy atom. The first-order valence-corrected chi connectivity index (χ1v) is 5.49. The highest BCUT2D eigenvalue weighted by Crippen LogP contribution is 2.19. The summed E-state index contributed by atoms with van der Waals surface area (Å²) in [5.74, 6) is 0. The molecule has 2 heterocycles. The average molecular weight is 224 g/mol. The van der Waals surface area contributed by atoms with Gasteiger partial charge in [-0.3, -0.25) is 4.98 Å². The highest BCUT2D eigenvalue weighted by Gasteiger charge is 2.07. The Bertz CT molecular complexity index is 670. The van der Waals surface area contributed by atoms with Crippen LogP contribution >= 0.6 is 0 Å². The minimum atomic E-state index is 0.921. The maximum Gasteiger partial charge on any atom is 0.113 e. The fourth-order valence-electron chi connectivity index (χ4n) is 1.85. The number of nitrogens with zero attached hydrogens (tertiary/aromatic N) is 4. The van der Waals surface area contributed by atoms with Gasteiger partial charge in [0.15, 0.2) is 0 Å². The molecule has 84 valence electrons. The van der Waals surface area contributed by atoms with Crippen molar-refractivity contribution >= 4 is 11.0 Å². The fourth-order valence-corrected chi connectivity index (χ4v) is 1.85. The van der Waals surface area contributed by atoms with Crippen molar-refractivity contribution in [3.63, 3.8) is 0 Å². The molecule has 4 heteroatoms. The van der Waals surface area contributed by atoms with Crippen LogP contribution < -0.4 is 0 Å². The van der Waals surface area contributed by atoms with Gasteiger partial charge < -0.3 is 0 Å². The van der Waals surface area contributed by atoms with E-state index >= 15 is 0 Å². The molecule has 0 amide bonds. The Morgan fingerprint density at radius 1 is 1.00 bits per heavy atom. The van der Waals surface area contributed by atoms with Crippen molar-refractivity contribution < 1.29 is 0 Å². The Morgan fingerprint density at radius 3 is 2.47 bits per heavy atom. The highest BCUT2D eigenvalue weighted by atomic mass is 15.4. The molecule has 2 aromatic heterocycles. The van der Waals surface area contributed by atoms with E-state index in [4.69, 9.17) is 0 Å². The molecule has 0 aliphatic carbocycles. The van der Waals surface area contributed by atoms with E-state index < -0.39 is 0 Å². The smallest absolute Gasteiger partial charge is 0.113 e. The number of benzene rings is 1. The van der Waals surface area contributed by atoms with Crippen molar-refractivity contribution in [3.8, 4) is 5.69 Å². The zero-order valence-electron chi connectivity index (χ0n) is 9.75. The van der Waals surface area contributed by atoms with Gasteiger partial charge in [0, 0.05) is 12.4 Å². The SMILES string of the molecule is Cc1cc2nnn(-c3ccncc3)c2cc1C. The third kappa shape index (κ3) is 1.58. The Labute approximate surface area is 98.9 Å². The molecular formula is C13H12N4. The van der Waals surface area contributed by atoms with E-state index in [0.717, 1.165) is 16.7 Å². The van der Waals surface area contributed by atoms with Gasteiger partial charge in [0.1, 0.15) is 5.52 Å². The van der Waals surface area contributed by atoms with Crippen molar-refractivity contribution in [2.75, 3.05) is 0 Å². The maximum atomic E-state index is 4.19. The van der Waals surface area contributed by atoms with Crippen LogP contribution in [-0.2, 0) is 0 Å². The molecule has 0 aliphatic rings. The van der Waals surface area contributed by atoms with E-state index in [9.17, 15) is 0 Å². The predicted octanol–water partition coefficient (Wildman–Crippen LogP) is 2.43. The third-order valence-corrected chi connectivity index (χ3v) is 2.97. The van der Waals surface area contributed by atoms with Crippen LogP contribution in [0.1, 0.15) is 11.1 Å². The number of fused-ring (bicyclic) bond motifs is 1. The van der Waals surface area contributed by atoms with Crippen LogP contribution in [0.5, 0.6) is 0 Å². The van der Waals surface area contributed by atoms with Crippen molar-refractivity contribution in [1.82, 2.24) is 20.0 Å². The van der Waals surface area contributed by atoms with Crippen molar-refractivity contribution in [1.29, 1.82) is 0 Å². The van der Waals surface area contributed by atoms with Gasteiger partial charge in [-0.25, -0.2) is 4.68 Å². The lowest BCUT2D eigenvalue weighted by atomic mass is 10.1. The molecule has 0 radical (unpaired) electrons. The second-order valence-corrected chi connectivity index (χ2v) is 4.13. The summed E-state index contributed by atoms with van der Waals surface area (Å²) in [5, 5.41) is 8.38. The van der Waals surface area contributed by atoms with Crippen LogP contribution in [0.25, 0.3) is 16.7 Å². The average Bonchev–Trinajstić information content (AvgIpc) is 2.74. The molecule has 0 fully saturated rings. The monoisotopic (exact) mass is 224 g/mol. The minimum absolute atomic E-state index is 0.921. The van der Waals surface area contributed by atoms with E-state index in [0.29, 0.717) is 0 Å². The lowest BCUT2D eigenvalue weighted by molar-refractivity contribution is 0.822. The second kappa shape index (κ2) is 3.66. The molecule has 0 N–H and O–H groups in total. The number of aromatic nitrogens is 4. The van der Waals surface area contributed by atoms with E-state index in [-0.39, 0.29) is 0 Å². The van der Waals surface area contributed by atoms with Crippen molar-refractivity contribution in [3.05, 3.63) is 47.8 Å². The summed E-state index contributed by atoms with van der Waals surface area (Å²) in [6.45, 7) is 4.18. The summed E-state index contributed by atoms with van der Waals surface area (Å²) < 4.78 is 1.84. The molecule has 0 aliphatic heterocycles. The summed E-state index contributed by atoms with van der Waals surface area (Å²) in [5.41, 5.74) is 5.41. The molecule has 17 heavy (non-hydrogen) atoms. The lowest BCUT2D eigenvalue weighted by Crippen LogP contribution is -1.96.